The first kappa shape index (κ1) is 19.0. The molecule has 1 aliphatic heterocycles. The minimum atomic E-state index is -0.416. The van der Waals surface area contributed by atoms with Gasteiger partial charge in [-0.25, -0.2) is 4.79 Å². The summed E-state index contributed by atoms with van der Waals surface area (Å²) in [5, 5.41) is 7.99. The Labute approximate surface area is 159 Å². The van der Waals surface area contributed by atoms with E-state index in [9.17, 15) is 9.59 Å². The monoisotopic (exact) mass is 370 g/mol. The SMILES string of the molecule is O=C(CNC(=O)NCc1ccco1)Nc1cccc(CN2CCCCC2)c1. The Kier molecular flexibility index (Phi) is 6.87. The Bertz CT molecular complexity index is 739. The van der Waals surface area contributed by atoms with Crippen LogP contribution in [0.25, 0.3) is 0 Å². The van der Waals surface area contributed by atoms with E-state index in [-0.39, 0.29) is 19.0 Å². The van der Waals surface area contributed by atoms with E-state index in [1.54, 1.807) is 18.4 Å². The standard InChI is InChI=1S/C20H26N4O3/c25-19(14-22-20(26)21-13-18-8-5-11-27-18)23-17-7-4-6-16(12-17)15-24-9-2-1-3-10-24/h4-8,11-12H,1-3,9-10,13-15H2,(H,23,25)(H2,21,22,26). The Morgan fingerprint density at radius 1 is 1.04 bits per heavy atom. The van der Waals surface area contributed by atoms with Crippen LogP contribution in [-0.2, 0) is 17.9 Å². The van der Waals surface area contributed by atoms with Crippen LogP contribution in [0.2, 0.25) is 0 Å². The molecule has 1 aliphatic rings. The lowest BCUT2D eigenvalue weighted by atomic mass is 10.1. The first-order valence-electron chi connectivity index (χ1n) is 9.34. The van der Waals surface area contributed by atoms with Crippen molar-refractivity contribution in [1.29, 1.82) is 0 Å². The zero-order valence-corrected chi connectivity index (χ0v) is 15.4. The molecule has 0 aliphatic carbocycles. The van der Waals surface area contributed by atoms with Crippen LogP contribution >= 0.6 is 0 Å². The van der Waals surface area contributed by atoms with Gasteiger partial charge in [0.1, 0.15) is 5.76 Å². The molecule has 144 valence electrons. The van der Waals surface area contributed by atoms with Crippen LogP contribution in [0.5, 0.6) is 0 Å². The molecule has 2 heterocycles. The molecule has 0 bridgehead atoms. The molecule has 3 N–H and O–H groups in total. The lowest BCUT2D eigenvalue weighted by Gasteiger charge is -2.26. The van der Waals surface area contributed by atoms with Gasteiger partial charge < -0.3 is 20.4 Å². The third-order valence-corrected chi connectivity index (χ3v) is 4.48. The molecular formula is C20H26N4O3. The number of carbonyl (C=O) groups excluding carboxylic acids is 2. The number of nitrogens with zero attached hydrogens (tertiary/aromatic N) is 1. The van der Waals surface area contributed by atoms with Crippen LogP contribution in [0, 0.1) is 0 Å². The van der Waals surface area contributed by atoms with Gasteiger partial charge in [0.25, 0.3) is 0 Å². The Hall–Kier alpha value is -2.80. The molecule has 1 saturated heterocycles. The number of urea groups is 1. The highest BCUT2D eigenvalue weighted by molar-refractivity contribution is 5.94. The highest BCUT2D eigenvalue weighted by Crippen LogP contribution is 2.16. The molecule has 0 atom stereocenters. The summed E-state index contributed by atoms with van der Waals surface area (Å²) >= 11 is 0. The second-order valence-electron chi connectivity index (χ2n) is 6.70. The molecule has 7 heteroatoms. The first-order valence-corrected chi connectivity index (χ1v) is 9.34. The number of hydrogen-bond donors (Lipinski definition) is 3. The van der Waals surface area contributed by atoms with Gasteiger partial charge in [-0.15, -0.1) is 0 Å². The van der Waals surface area contributed by atoms with Crippen molar-refractivity contribution >= 4 is 17.6 Å². The number of carbonyl (C=O) groups is 2. The maximum absolute atomic E-state index is 12.1. The van der Waals surface area contributed by atoms with Crippen LogP contribution in [0.15, 0.2) is 47.1 Å². The number of anilines is 1. The van der Waals surface area contributed by atoms with E-state index >= 15 is 0 Å². The van der Waals surface area contributed by atoms with Crippen LogP contribution in [-0.4, -0.2) is 36.5 Å². The van der Waals surface area contributed by atoms with Gasteiger partial charge >= 0.3 is 6.03 Å². The van der Waals surface area contributed by atoms with Crippen molar-refractivity contribution in [2.24, 2.45) is 0 Å². The van der Waals surface area contributed by atoms with Gasteiger partial charge in [0.15, 0.2) is 0 Å². The second-order valence-corrected chi connectivity index (χ2v) is 6.70. The summed E-state index contributed by atoms with van der Waals surface area (Å²) in [5.74, 6) is 0.387. The average Bonchev–Trinajstić information content (AvgIpc) is 3.19. The molecule has 3 amide bonds. The third-order valence-electron chi connectivity index (χ3n) is 4.48. The molecule has 2 aromatic rings. The predicted octanol–water partition coefficient (Wildman–Crippen LogP) is 2.70. The van der Waals surface area contributed by atoms with Crippen LogP contribution < -0.4 is 16.0 Å². The number of nitrogens with one attached hydrogen (secondary N) is 3. The van der Waals surface area contributed by atoms with E-state index in [0.717, 1.165) is 25.3 Å². The number of furan rings is 1. The molecular weight excluding hydrogens is 344 g/mol. The van der Waals surface area contributed by atoms with Crippen LogP contribution in [0.1, 0.15) is 30.6 Å². The van der Waals surface area contributed by atoms with Gasteiger partial charge in [0.2, 0.25) is 5.91 Å². The Balaban J connectivity index is 1.40. The zero-order chi connectivity index (χ0) is 18.9. The maximum atomic E-state index is 12.1. The molecule has 0 saturated carbocycles. The molecule has 1 fully saturated rings. The second kappa shape index (κ2) is 9.78. The molecule has 3 rings (SSSR count). The van der Waals surface area contributed by atoms with Gasteiger partial charge in [0.05, 0.1) is 19.4 Å². The summed E-state index contributed by atoms with van der Waals surface area (Å²) in [5.41, 5.74) is 1.92. The van der Waals surface area contributed by atoms with Gasteiger partial charge in [-0.05, 0) is 55.8 Å². The summed E-state index contributed by atoms with van der Waals surface area (Å²) in [4.78, 5) is 26.2. The van der Waals surface area contributed by atoms with Gasteiger partial charge in [-0.2, -0.15) is 0 Å². The van der Waals surface area contributed by atoms with E-state index in [1.807, 2.05) is 18.2 Å². The summed E-state index contributed by atoms with van der Waals surface area (Å²) in [6.07, 6.45) is 5.37. The number of likely N-dealkylation sites (tertiary alicyclic amines) is 1. The maximum Gasteiger partial charge on any atom is 0.315 e. The number of rotatable bonds is 7. The Morgan fingerprint density at radius 3 is 2.67 bits per heavy atom. The summed E-state index contributed by atoms with van der Waals surface area (Å²) in [6.45, 7) is 3.34. The normalized spacial score (nSPS) is 14.5. The van der Waals surface area contributed by atoms with E-state index in [1.165, 1.54) is 24.8 Å². The van der Waals surface area contributed by atoms with Gasteiger partial charge in [-0.3, -0.25) is 9.69 Å². The smallest absolute Gasteiger partial charge is 0.315 e. The van der Waals surface area contributed by atoms with Crippen molar-refractivity contribution in [3.63, 3.8) is 0 Å². The van der Waals surface area contributed by atoms with Gasteiger partial charge in [0, 0.05) is 12.2 Å². The van der Waals surface area contributed by atoms with E-state index in [0.29, 0.717) is 5.76 Å². The lowest BCUT2D eigenvalue weighted by molar-refractivity contribution is -0.115. The number of piperidine rings is 1. The molecule has 0 spiro atoms. The molecule has 0 unspecified atom stereocenters. The largest absolute Gasteiger partial charge is 0.467 e. The van der Waals surface area contributed by atoms with Crippen molar-refractivity contribution < 1.29 is 14.0 Å². The topological polar surface area (TPSA) is 86.6 Å². The lowest BCUT2D eigenvalue weighted by Crippen LogP contribution is -2.39. The number of benzene rings is 1. The highest BCUT2D eigenvalue weighted by atomic mass is 16.3. The van der Waals surface area contributed by atoms with Crippen molar-refractivity contribution in [3.8, 4) is 0 Å². The van der Waals surface area contributed by atoms with Crippen LogP contribution in [0.3, 0.4) is 0 Å². The average molecular weight is 370 g/mol. The van der Waals surface area contributed by atoms with Crippen molar-refractivity contribution in [2.75, 3.05) is 25.0 Å². The summed E-state index contributed by atoms with van der Waals surface area (Å²) in [7, 11) is 0. The van der Waals surface area contributed by atoms with E-state index in [4.69, 9.17) is 4.42 Å². The van der Waals surface area contributed by atoms with Crippen molar-refractivity contribution in [3.05, 3.63) is 54.0 Å². The molecule has 1 aromatic heterocycles. The predicted molar refractivity (Wildman–Crippen MR) is 103 cm³/mol. The molecule has 7 nitrogen and oxygen atoms in total. The Morgan fingerprint density at radius 2 is 1.89 bits per heavy atom. The van der Waals surface area contributed by atoms with E-state index < -0.39 is 6.03 Å². The molecule has 1 aromatic carbocycles. The fourth-order valence-electron chi connectivity index (χ4n) is 3.13. The minimum absolute atomic E-state index is 0.0969. The summed E-state index contributed by atoms with van der Waals surface area (Å²) < 4.78 is 5.13. The van der Waals surface area contributed by atoms with E-state index in [2.05, 4.69) is 26.9 Å². The third kappa shape index (κ3) is 6.45. The first-order chi connectivity index (χ1) is 13.2. The zero-order valence-electron chi connectivity index (χ0n) is 15.4. The number of hydrogen-bond acceptors (Lipinski definition) is 4. The van der Waals surface area contributed by atoms with Crippen LogP contribution in [0.4, 0.5) is 10.5 Å². The number of amides is 3. The minimum Gasteiger partial charge on any atom is -0.467 e. The fraction of sp³-hybridized carbons (Fsp3) is 0.400. The highest BCUT2D eigenvalue weighted by Gasteiger charge is 2.11. The van der Waals surface area contributed by atoms with Crippen molar-refractivity contribution in [2.45, 2.75) is 32.4 Å². The summed E-state index contributed by atoms with van der Waals surface area (Å²) in [6, 6.07) is 11.0. The quantitative estimate of drug-likeness (QED) is 0.699. The molecule has 27 heavy (non-hydrogen) atoms. The van der Waals surface area contributed by atoms with Crippen molar-refractivity contribution in [1.82, 2.24) is 15.5 Å². The van der Waals surface area contributed by atoms with Gasteiger partial charge in [-0.1, -0.05) is 18.6 Å². The molecule has 0 radical (unpaired) electrons. The fourth-order valence-corrected chi connectivity index (χ4v) is 3.13.